The topological polar surface area (TPSA) is 34.1 Å². The van der Waals surface area contributed by atoms with Gasteiger partial charge in [-0.1, -0.05) is 47.5 Å². The highest BCUT2D eigenvalue weighted by atomic mass is 79.9. The molecule has 0 atom stereocenters. The summed E-state index contributed by atoms with van der Waals surface area (Å²) in [5, 5.41) is 0.401. The molecule has 19 heavy (non-hydrogen) atoms. The molecule has 106 valence electrons. The van der Waals surface area contributed by atoms with Crippen LogP contribution in [0.2, 0.25) is 0 Å². The number of ketones is 2. The number of alkyl halides is 1. The first-order chi connectivity index (χ1) is 8.87. The van der Waals surface area contributed by atoms with Gasteiger partial charge in [0.2, 0.25) is 0 Å². The molecular weight excluding hydrogens is 304 g/mol. The number of halogens is 1. The molecule has 0 bridgehead atoms. The van der Waals surface area contributed by atoms with Crippen LogP contribution in [0.4, 0.5) is 0 Å². The molecule has 3 heteroatoms. The first-order valence-corrected chi connectivity index (χ1v) is 7.68. The van der Waals surface area contributed by atoms with Crippen molar-refractivity contribution in [1.29, 1.82) is 0 Å². The van der Waals surface area contributed by atoms with Crippen molar-refractivity contribution in [2.24, 2.45) is 0 Å². The van der Waals surface area contributed by atoms with Crippen molar-refractivity contribution in [3.8, 4) is 0 Å². The summed E-state index contributed by atoms with van der Waals surface area (Å²) in [4.78, 5) is 21.7. The zero-order valence-corrected chi connectivity index (χ0v) is 14.1. The second-order valence-corrected chi connectivity index (χ2v) is 5.14. The maximum atomic E-state index is 11.5. The van der Waals surface area contributed by atoms with Crippen molar-refractivity contribution in [2.75, 3.05) is 5.33 Å². The van der Waals surface area contributed by atoms with E-state index in [0.29, 0.717) is 24.0 Å². The van der Waals surface area contributed by atoms with E-state index < -0.39 is 0 Å². The Hall–Kier alpha value is -0.960. The zero-order chi connectivity index (χ0) is 15.0. The van der Waals surface area contributed by atoms with E-state index in [-0.39, 0.29) is 5.78 Å². The van der Waals surface area contributed by atoms with Crippen LogP contribution in [0.15, 0.2) is 12.1 Å². The van der Waals surface area contributed by atoms with Crippen LogP contribution >= 0.6 is 15.9 Å². The van der Waals surface area contributed by atoms with E-state index in [1.165, 1.54) is 5.56 Å². The van der Waals surface area contributed by atoms with E-state index in [4.69, 9.17) is 0 Å². The lowest BCUT2D eigenvalue weighted by molar-refractivity contribution is -0.118. The quantitative estimate of drug-likeness (QED) is 0.600. The zero-order valence-electron chi connectivity index (χ0n) is 12.5. The predicted molar refractivity (Wildman–Crippen MR) is 84.4 cm³/mol. The Bertz CT molecular complexity index is 421. The van der Waals surface area contributed by atoms with Gasteiger partial charge in [0, 0.05) is 18.4 Å². The van der Waals surface area contributed by atoms with Gasteiger partial charge in [-0.05, 0) is 31.9 Å². The first-order valence-electron chi connectivity index (χ1n) is 6.56. The minimum absolute atomic E-state index is 0.162. The van der Waals surface area contributed by atoms with Crippen LogP contribution in [-0.4, -0.2) is 16.9 Å². The molecule has 1 rings (SSSR count). The van der Waals surface area contributed by atoms with Crippen LogP contribution in [0.3, 0.4) is 0 Å². The van der Waals surface area contributed by atoms with Gasteiger partial charge in [-0.15, -0.1) is 0 Å². The molecule has 0 amide bonds. The number of carbonyl (C=O) groups is 2. The van der Waals surface area contributed by atoms with Gasteiger partial charge in [0.25, 0.3) is 0 Å². The highest BCUT2D eigenvalue weighted by Crippen LogP contribution is 2.17. The highest BCUT2D eigenvalue weighted by molar-refractivity contribution is 9.09. The average molecular weight is 327 g/mol. The Kier molecular flexibility index (Phi) is 8.57. The molecular formula is C16H23BrO2. The number of rotatable bonds is 4. The van der Waals surface area contributed by atoms with Gasteiger partial charge in [0.05, 0.1) is 5.33 Å². The fraction of sp³-hybridized carbons (Fsp3) is 0.500. The Labute approximate surface area is 124 Å². The predicted octanol–water partition coefficient (Wildman–Crippen LogP) is 4.56. The summed E-state index contributed by atoms with van der Waals surface area (Å²) in [6.45, 7) is 9.77. The lowest BCUT2D eigenvalue weighted by Crippen LogP contribution is -2.05. The Balaban J connectivity index is 0.000000459. The summed E-state index contributed by atoms with van der Waals surface area (Å²) < 4.78 is 0. The van der Waals surface area contributed by atoms with E-state index in [1.807, 2.05) is 46.8 Å². The molecule has 0 N–H and O–H groups in total. The average Bonchev–Trinajstić information content (AvgIpc) is 2.37. The van der Waals surface area contributed by atoms with Gasteiger partial charge < -0.3 is 0 Å². The molecule has 1 aromatic carbocycles. The molecule has 0 saturated heterocycles. The van der Waals surface area contributed by atoms with E-state index in [0.717, 1.165) is 16.7 Å². The van der Waals surface area contributed by atoms with Crippen LogP contribution in [0.5, 0.6) is 0 Å². The standard InChI is InChI=1S/C11H13BrO.C5H10O/c1-7-4-8(2)11(9(3)5-7)10(13)6-12;1-3-5(6)4-2/h4-5H,6H2,1-3H3;3-4H2,1-2H3. The van der Waals surface area contributed by atoms with E-state index in [1.54, 1.807) is 0 Å². The molecule has 0 unspecified atom stereocenters. The van der Waals surface area contributed by atoms with Crippen LogP contribution in [-0.2, 0) is 4.79 Å². The minimum Gasteiger partial charge on any atom is -0.300 e. The molecule has 0 fully saturated rings. The van der Waals surface area contributed by atoms with Crippen molar-refractivity contribution in [3.63, 3.8) is 0 Å². The third-order valence-corrected chi connectivity index (χ3v) is 3.38. The van der Waals surface area contributed by atoms with Gasteiger partial charge in [-0.3, -0.25) is 9.59 Å². The van der Waals surface area contributed by atoms with Gasteiger partial charge in [0.15, 0.2) is 5.78 Å². The van der Waals surface area contributed by atoms with Gasteiger partial charge in [0.1, 0.15) is 5.78 Å². The number of Topliss-reactive ketones (excluding diaryl/α,β-unsaturated/α-hetero) is 2. The van der Waals surface area contributed by atoms with Crippen molar-refractivity contribution in [3.05, 3.63) is 34.4 Å². The SMILES string of the molecule is CCC(=O)CC.Cc1cc(C)c(C(=O)CBr)c(C)c1. The van der Waals surface area contributed by atoms with Crippen molar-refractivity contribution in [1.82, 2.24) is 0 Å². The second-order valence-electron chi connectivity index (χ2n) is 4.58. The highest BCUT2D eigenvalue weighted by Gasteiger charge is 2.10. The smallest absolute Gasteiger partial charge is 0.173 e. The lowest BCUT2D eigenvalue weighted by Gasteiger charge is -2.08. The summed E-state index contributed by atoms with van der Waals surface area (Å²) in [6, 6.07) is 4.09. The second kappa shape index (κ2) is 9.03. The fourth-order valence-electron chi connectivity index (χ4n) is 1.94. The van der Waals surface area contributed by atoms with Crippen molar-refractivity contribution in [2.45, 2.75) is 47.5 Å². The van der Waals surface area contributed by atoms with Gasteiger partial charge in [-0.2, -0.15) is 0 Å². The Morgan fingerprint density at radius 1 is 1.00 bits per heavy atom. The molecule has 0 aliphatic carbocycles. The Morgan fingerprint density at radius 2 is 1.42 bits per heavy atom. The van der Waals surface area contributed by atoms with Crippen LogP contribution < -0.4 is 0 Å². The third kappa shape index (κ3) is 6.15. The monoisotopic (exact) mass is 326 g/mol. The molecule has 1 aromatic rings. The molecule has 0 spiro atoms. The largest absolute Gasteiger partial charge is 0.300 e. The summed E-state index contributed by atoms with van der Waals surface area (Å²) >= 11 is 3.19. The van der Waals surface area contributed by atoms with Gasteiger partial charge in [-0.25, -0.2) is 0 Å². The van der Waals surface area contributed by atoms with E-state index in [2.05, 4.69) is 15.9 Å². The molecule has 0 heterocycles. The third-order valence-electron chi connectivity index (χ3n) is 2.87. The van der Waals surface area contributed by atoms with Crippen molar-refractivity contribution >= 4 is 27.5 Å². The number of benzene rings is 1. The maximum absolute atomic E-state index is 11.5. The molecule has 0 aliphatic heterocycles. The first kappa shape index (κ1) is 18.0. The van der Waals surface area contributed by atoms with Crippen molar-refractivity contribution < 1.29 is 9.59 Å². The van der Waals surface area contributed by atoms with Crippen LogP contribution in [0.1, 0.15) is 53.7 Å². The van der Waals surface area contributed by atoms with Gasteiger partial charge >= 0.3 is 0 Å². The molecule has 0 radical (unpaired) electrons. The molecule has 0 saturated carbocycles. The maximum Gasteiger partial charge on any atom is 0.173 e. The van der Waals surface area contributed by atoms with Crippen LogP contribution in [0.25, 0.3) is 0 Å². The number of aryl methyl sites for hydroxylation is 3. The normalized spacial score (nSPS) is 9.58. The number of carbonyl (C=O) groups excluding carboxylic acids is 2. The molecule has 2 nitrogen and oxygen atoms in total. The lowest BCUT2D eigenvalue weighted by atomic mass is 9.97. The summed E-state index contributed by atoms with van der Waals surface area (Å²) in [5.74, 6) is 0.505. The molecule has 0 aliphatic rings. The minimum atomic E-state index is 0.162. The van der Waals surface area contributed by atoms with E-state index in [9.17, 15) is 9.59 Å². The summed E-state index contributed by atoms with van der Waals surface area (Å²) in [6.07, 6.45) is 1.38. The number of hydrogen-bond acceptors (Lipinski definition) is 2. The van der Waals surface area contributed by atoms with E-state index >= 15 is 0 Å². The Morgan fingerprint density at radius 3 is 1.68 bits per heavy atom. The molecule has 0 aromatic heterocycles. The number of hydrogen-bond donors (Lipinski definition) is 0. The summed E-state index contributed by atoms with van der Waals surface area (Å²) in [5.41, 5.74) is 4.22. The fourth-order valence-corrected chi connectivity index (χ4v) is 2.22. The van der Waals surface area contributed by atoms with Crippen LogP contribution in [0, 0.1) is 20.8 Å². The summed E-state index contributed by atoms with van der Waals surface area (Å²) in [7, 11) is 0.